The van der Waals surface area contributed by atoms with Crippen molar-refractivity contribution >= 4 is 5.91 Å². The first kappa shape index (κ1) is 15.8. The summed E-state index contributed by atoms with van der Waals surface area (Å²) in [6.45, 7) is 10.8. The van der Waals surface area contributed by atoms with E-state index in [1.807, 2.05) is 6.92 Å². The van der Waals surface area contributed by atoms with Crippen molar-refractivity contribution in [2.24, 2.45) is 5.92 Å². The highest BCUT2D eigenvalue weighted by Gasteiger charge is 2.33. The lowest BCUT2D eigenvalue weighted by Gasteiger charge is -2.41. The highest BCUT2D eigenvalue weighted by Crippen LogP contribution is 2.24. The van der Waals surface area contributed by atoms with Crippen LogP contribution < -0.4 is 5.32 Å². The maximum atomic E-state index is 12.5. The molecule has 0 aromatic heterocycles. The van der Waals surface area contributed by atoms with E-state index in [2.05, 4.69) is 31.0 Å². The van der Waals surface area contributed by atoms with Gasteiger partial charge >= 0.3 is 0 Å². The summed E-state index contributed by atoms with van der Waals surface area (Å²) in [5.74, 6) is 0.794. The number of rotatable bonds is 3. The predicted octanol–water partition coefficient (Wildman–Crippen LogP) is 2.18. The molecular weight excluding hydrogens is 252 g/mol. The van der Waals surface area contributed by atoms with Crippen molar-refractivity contribution in [1.29, 1.82) is 0 Å². The summed E-state index contributed by atoms with van der Waals surface area (Å²) in [5, 5.41) is 3.27. The molecule has 0 aromatic rings. The van der Waals surface area contributed by atoms with E-state index in [0.29, 0.717) is 18.6 Å². The van der Waals surface area contributed by atoms with Crippen molar-refractivity contribution in [3.8, 4) is 0 Å². The lowest BCUT2D eigenvalue weighted by Crippen LogP contribution is -2.57. The summed E-state index contributed by atoms with van der Waals surface area (Å²) in [7, 11) is 0. The first-order chi connectivity index (χ1) is 9.39. The summed E-state index contributed by atoms with van der Waals surface area (Å²) in [5.41, 5.74) is -0.148. The Hall–Kier alpha value is -0.610. The van der Waals surface area contributed by atoms with Gasteiger partial charge in [-0.25, -0.2) is 0 Å². The molecule has 3 unspecified atom stereocenters. The van der Waals surface area contributed by atoms with E-state index < -0.39 is 0 Å². The lowest BCUT2D eigenvalue weighted by atomic mass is 9.86. The Morgan fingerprint density at radius 3 is 2.70 bits per heavy atom. The van der Waals surface area contributed by atoms with Gasteiger partial charge in [0.2, 0.25) is 5.91 Å². The van der Waals surface area contributed by atoms with Crippen molar-refractivity contribution < 1.29 is 9.53 Å². The molecule has 116 valence electrons. The first-order valence-corrected chi connectivity index (χ1v) is 8.07. The van der Waals surface area contributed by atoms with Crippen molar-refractivity contribution in [2.45, 2.75) is 71.1 Å². The Balaban J connectivity index is 1.88. The molecule has 2 fully saturated rings. The maximum absolute atomic E-state index is 12.5. The smallest absolute Gasteiger partial charge is 0.237 e. The Morgan fingerprint density at radius 2 is 2.05 bits per heavy atom. The second-order valence-corrected chi connectivity index (χ2v) is 7.13. The van der Waals surface area contributed by atoms with Gasteiger partial charge in [0.05, 0.1) is 18.2 Å². The van der Waals surface area contributed by atoms with Crippen LogP contribution in [0.25, 0.3) is 0 Å². The Labute approximate surface area is 123 Å². The van der Waals surface area contributed by atoms with Gasteiger partial charge in [0, 0.05) is 19.1 Å². The van der Waals surface area contributed by atoms with Crippen LogP contribution in [0.3, 0.4) is 0 Å². The molecular formula is C16H30N2O2. The van der Waals surface area contributed by atoms with Crippen LogP contribution in [0.4, 0.5) is 0 Å². The topological polar surface area (TPSA) is 41.6 Å². The fourth-order valence-corrected chi connectivity index (χ4v) is 3.38. The third-order valence-corrected chi connectivity index (χ3v) is 4.82. The molecule has 2 aliphatic rings. The van der Waals surface area contributed by atoms with Crippen LogP contribution in [0, 0.1) is 5.92 Å². The number of carbonyl (C=O) groups excluding carboxylic acids is 1. The third kappa shape index (κ3) is 3.95. The van der Waals surface area contributed by atoms with Gasteiger partial charge in [0.1, 0.15) is 0 Å². The normalized spacial score (nSPS) is 32.6. The third-order valence-electron chi connectivity index (χ3n) is 4.82. The van der Waals surface area contributed by atoms with Crippen molar-refractivity contribution in [1.82, 2.24) is 10.2 Å². The summed E-state index contributed by atoms with van der Waals surface area (Å²) in [6.07, 6.45) is 4.92. The molecule has 1 aliphatic heterocycles. The Kier molecular flexibility index (Phi) is 5.08. The van der Waals surface area contributed by atoms with Crippen LogP contribution in [-0.2, 0) is 9.53 Å². The van der Waals surface area contributed by atoms with E-state index in [0.717, 1.165) is 19.5 Å². The van der Waals surface area contributed by atoms with Gasteiger partial charge in [-0.2, -0.15) is 0 Å². The molecule has 0 radical (unpaired) electrons. The molecule has 0 bridgehead atoms. The standard InChI is InChI=1S/C16H30N2O2/c1-12-7-5-6-8-14(12)17-15(19)13(2)18-9-10-20-16(3,4)11-18/h12-14H,5-11H2,1-4H3,(H,17,19). The zero-order chi connectivity index (χ0) is 14.8. The summed E-state index contributed by atoms with van der Waals surface area (Å²) in [6, 6.07) is 0.306. The summed E-state index contributed by atoms with van der Waals surface area (Å²) in [4.78, 5) is 14.7. The molecule has 1 amide bonds. The number of nitrogens with one attached hydrogen (secondary N) is 1. The number of carbonyl (C=O) groups is 1. The van der Waals surface area contributed by atoms with Crippen LogP contribution >= 0.6 is 0 Å². The predicted molar refractivity (Wildman–Crippen MR) is 80.6 cm³/mol. The van der Waals surface area contributed by atoms with E-state index in [4.69, 9.17) is 4.74 Å². The maximum Gasteiger partial charge on any atom is 0.237 e. The molecule has 4 nitrogen and oxygen atoms in total. The lowest BCUT2D eigenvalue weighted by molar-refractivity contribution is -0.135. The van der Waals surface area contributed by atoms with Crippen LogP contribution in [0.1, 0.15) is 53.4 Å². The van der Waals surface area contributed by atoms with Gasteiger partial charge in [-0.1, -0.05) is 19.8 Å². The zero-order valence-electron chi connectivity index (χ0n) is 13.4. The second kappa shape index (κ2) is 6.44. The van der Waals surface area contributed by atoms with E-state index in [9.17, 15) is 4.79 Å². The minimum atomic E-state index is -0.148. The molecule has 4 heteroatoms. The fourth-order valence-electron chi connectivity index (χ4n) is 3.38. The van der Waals surface area contributed by atoms with Gasteiger partial charge in [-0.15, -0.1) is 0 Å². The largest absolute Gasteiger partial charge is 0.373 e. The number of nitrogens with zero attached hydrogens (tertiary/aromatic N) is 1. The van der Waals surface area contributed by atoms with E-state index in [-0.39, 0.29) is 17.6 Å². The van der Waals surface area contributed by atoms with Crippen LogP contribution in [0.2, 0.25) is 0 Å². The molecule has 1 saturated heterocycles. The van der Waals surface area contributed by atoms with Crippen molar-refractivity contribution in [3.05, 3.63) is 0 Å². The Bertz CT molecular complexity index is 343. The molecule has 1 heterocycles. The fraction of sp³-hybridized carbons (Fsp3) is 0.938. The molecule has 1 aliphatic carbocycles. The molecule has 3 atom stereocenters. The number of hydrogen-bond donors (Lipinski definition) is 1. The van der Waals surface area contributed by atoms with E-state index >= 15 is 0 Å². The highest BCUT2D eigenvalue weighted by atomic mass is 16.5. The molecule has 0 aromatic carbocycles. The quantitative estimate of drug-likeness (QED) is 0.862. The Morgan fingerprint density at radius 1 is 1.35 bits per heavy atom. The minimum absolute atomic E-state index is 0.0627. The number of morpholine rings is 1. The molecule has 0 spiro atoms. The minimum Gasteiger partial charge on any atom is -0.373 e. The van der Waals surface area contributed by atoms with Gasteiger partial charge in [-0.3, -0.25) is 9.69 Å². The summed E-state index contributed by atoms with van der Waals surface area (Å²) < 4.78 is 5.72. The second-order valence-electron chi connectivity index (χ2n) is 7.13. The zero-order valence-corrected chi connectivity index (χ0v) is 13.4. The number of hydrogen-bond acceptors (Lipinski definition) is 3. The van der Waals surface area contributed by atoms with Crippen molar-refractivity contribution in [3.63, 3.8) is 0 Å². The van der Waals surface area contributed by atoms with Crippen LogP contribution in [0.15, 0.2) is 0 Å². The SMILES string of the molecule is CC1CCCCC1NC(=O)C(C)N1CCOC(C)(C)C1. The molecule has 1 saturated carbocycles. The van der Waals surface area contributed by atoms with Crippen LogP contribution in [0.5, 0.6) is 0 Å². The average molecular weight is 282 g/mol. The number of ether oxygens (including phenoxy) is 1. The monoisotopic (exact) mass is 282 g/mol. The van der Waals surface area contributed by atoms with E-state index in [1.54, 1.807) is 0 Å². The number of amides is 1. The van der Waals surface area contributed by atoms with E-state index in [1.165, 1.54) is 19.3 Å². The molecule has 1 N–H and O–H groups in total. The molecule has 2 rings (SSSR count). The van der Waals surface area contributed by atoms with Gasteiger partial charge in [0.25, 0.3) is 0 Å². The van der Waals surface area contributed by atoms with Gasteiger partial charge in [-0.05, 0) is 39.5 Å². The highest BCUT2D eigenvalue weighted by molar-refractivity contribution is 5.81. The average Bonchev–Trinajstić information content (AvgIpc) is 2.39. The first-order valence-electron chi connectivity index (χ1n) is 8.07. The van der Waals surface area contributed by atoms with Gasteiger partial charge in [0.15, 0.2) is 0 Å². The van der Waals surface area contributed by atoms with Gasteiger partial charge < -0.3 is 10.1 Å². The van der Waals surface area contributed by atoms with Crippen molar-refractivity contribution in [2.75, 3.05) is 19.7 Å². The summed E-state index contributed by atoms with van der Waals surface area (Å²) >= 11 is 0. The van der Waals surface area contributed by atoms with Crippen LogP contribution in [-0.4, -0.2) is 48.2 Å². The molecule has 20 heavy (non-hydrogen) atoms.